The van der Waals surface area contributed by atoms with Crippen molar-refractivity contribution in [3.63, 3.8) is 0 Å². The Bertz CT molecular complexity index is 853. The molecule has 23 heavy (non-hydrogen) atoms. The Morgan fingerprint density at radius 2 is 1.96 bits per heavy atom. The van der Waals surface area contributed by atoms with E-state index in [4.69, 9.17) is 21.1 Å². The van der Waals surface area contributed by atoms with Gasteiger partial charge in [-0.05, 0) is 11.6 Å². The van der Waals surface area contributed by atoms with Crippen LogP contribution in [0.25, 0.3) is 10.9 Å². The highest BCUT2D eigenvalue weighted by Gasteiger charge is 2.20. The highest BCUT2D eigenvalue weighted by molar-refractivity contribution is 6.35. The van der Waals surface area contributed by atoms with Gasteiger partial charge in [0.2, 0.25) is 0 Å². The molecule has 116 valence electrons. The molecule has 0 aliphatic rings. The quantitative estimate of drug-likeness (QED) is 0.684. The van der Waals surface area contributed by atoms with Crippen molar-refractivity contribution in [3.05, 3.63) is 65.1 Å². The number of methoxy groups -OCH3 is 1. The number of nitrogens with zero attached hydrogens (tertiary/aromatic N) is 2. The molecule has 0 saturated carbocycles. The Morgan fingerprint density at radius 3 is 2.70 bits per heavy atom. The Kier molecular flexibility index (Phi) is 4.39. The van der Waals surface area contributed by atoms with E-state index < -0.39 is 5.97 Å². The van der Waals surface area contributed by atoms with E-state index in [1.54, 1.807) is 12.3 Å². The van der Waals surface area contributed by atoms with Gasteiger partial charge in [0, 0.05) is 17.8 Å². The molecule has 0 saturated heterocycles. The normalized spacial score (nSPS) is 10.5. The van der Waals surface area contributed by atoms with Crippen LogP contribution < -0.4 is 4.74 Å². The number of carbonyl (C=O) groups is 1. The Balaban J connectivity index is 2.07. The number of esters is 1. The van der Waals surface area contributed by atoms with E-state index in [1.807, 2.05) is 30.3 Å². The number of ether oxygens (including phenoxy) is 2. The molecule has 0 unspecified atom stereocenters. The SMILES string of the molecule is COC(=O)c1ncc2c(Cl)ccnc2c1OCc1ccccc1. The second-order valence-electron chi connectivity index (χ2n) is 4.76. The van der Waals surface area contributed by atoms with Crippen molar-refractivity contribution in [2.75, 3.05) is 7.11 Å². The van der Waals surface area contributed by atoms with E-state index in [2.05, 4.69) is 9.97 Å². The molecule has 6 heteroatoms. The van der Waals surface area contributed by atoms with Crippen LogP contribution in [0.2, 0.25) is 5.02 Å². The van der Waals surface area contributed by atoms with Crippen molar-refractivity contribution in [2.45, 2.75) is 6.61 Å². The lowest BCUT2D eigenvalue weighted by atomic mass is 10.2. The number of rotatable bonds is 4. The summed E-state index contributed by atoms with van der Waals surface area (Å²) in [4.78, 5) is 20.3. The molecule has 3 aromatic rings. The van der Waals surface area contributed by atoms with Crippen LogP contribution in [0.3, 0.4) is 0 Å². The van der Waals surface area contributed by atoms with Crippen LogP contribution in [0.1, 0.15) is 16.1 Å². The van der Waals surface area contributed by atoms with Crippen LogP contribution in [0.5, 0.6) is 5.75 Å². The number of aromatic nitrogens is 2. The first kappa shape index (κ1) is 15.2. The molecule has 0 aliphatic carbocycles. The van der Waals surface area contributed by atoms with Crippen molar-refractivity contribution in [1.82, 2.24) is 9.97 Å². The smallest absolute Gasteiger partial charge is 0.360 e. The molecule has 2 heterocycles. The van der Waals surface area contributed by atoms with E-state index in [1.165, 1.54) is 13.3 Å². The summed E-state index contributed by atoms with van der Waals surface area (Å²) in [5.41, 5.74) is 1.51. The summed E-state index contributed by atoms with van der Waals surface area (Å²) in [6.45, 7) is 0.278. The van der Waals surface area contributed by atoms with Gasteiger partial charge in [-0.3, -0.25) is 4.98 Å². The van der Waals surface area contributed by atoms with Gasteiger partial charge in [0.05, 0.1) is 12.1 Å². The summed E-state index contributed by atoms with van der Waals surface area (Å²) in [5.74, 6) is -0.322. The van der Waals surface area contributed by atoms with Gasteiger partial charge in [0.25, 0.3) is 0 Å². The Labute approximate surface area is 137 Å². The molecule has 0 N–H and O–H groups in total. The van der Waals surface area contributed by atoms with Crippen LogP contribution >= 0.6 is 11.6 Å². The average Bonchev–Trinajstić information content (AvgIpc) is 2.60. The Morgan fingerprint density at radius 1 is 1.17 bits per heavy atom. The van der Waals surface area contributed by atoms with Gasteiger partial charge in [-0.15, -0.1) is 0 Å². The van der Waals surface area contributed by atoms with E-state index in [9.17, 15) is 4.79 Å². The zero-order valence-corrected chi connectivity index (χ0v) is 13.1. The number of hydrogen-bond acceptors (Lipinski definition) is 5. The molecule has 0 amide bonds. The molecular formula is C17H13ClN2O3. The average molecular weight is 329 g/mol. The topological polar surface area (TPSA) is 61.3 Å². The minimum atomic E-state index is -0.586. The molecule has 0 atom stereocenters. The number of pyridine rings is 2. The monoisotopic (exact) mass is 328 g/mol. The van der Waals surface area contributed by atoms with Crippen LogP contribution in [-0.2, 0) is 11.3 Å². The van der Waals surface area contributed by atoms with E-state index in [0.717, 1.165) is 5.56 Å². The first-order chi connectivity index (χ1) is 11.2. The summed E-state index contributed by atoms with van der Waals surface area (Å²) >= 11 is 6.16. The molecule has 1 aromatic carbocycles. The predicted octanol–water partition coefficient (Wildman–Crippen LogP) is 3.65. The molecule has 0 aliphatic heterocycles. The summed E-state index contributed by atoms with van der Waals surface area (Å²) < 4.78 is 10.6. The zero-order chi connectivity index (χ0) is 16.2. The number of hydrogen-bond donors (Lipinski definition) is 0. The predicted molar refractivity (Wildman–Crippen MR) is 86.7 cm³/mol. The molecular weight excluding hydrogens is 316 g/mol. The lowest BCUT2D eigenvalue weighted by Crippen LogP contribution is -2.09. The van der Waals surface area contributed by atoms with Crippen molar-refractivity contribution in [3.8, 4) is 5.75 Å². The molecule has 5 nitrogen and oxygen atoms in total. The largest absolute Gasteiger partial charge is 0.484 e. The fraction of sp³-hybridized carbons (Fsp3) is 0.118. The number of benzene rings is 1. The second kappa shape index (κ2) is 6.62. The number of carbonyl (C=O) groups excluding carboxylic acids is 1. The van der Waals surface area contributed by atoms with E-state index in [0.29, 0.717) is 15.9 Å². The third-order valence-electron chi connectivity index (χ3n) is 3.29. The van der Waals surface area contributed by atoms with Crippen molar-refractivity contribution < 1.29 is 14.3 Å². The standard InChI is InChI=1S/C17H13ClN2O3/c1-22-17(21)15-16(23-10-11-5-3-2-4-6-11)14-12(9-20-15)13(18)7-8-19-14/h2-9H,10H2,1H3. The fourth-order valence-electron chi connectivity index (χ4n) is 2.16. The van der Waals surface area contributed by atoms with Crippen LogP contribution in [0.15, 0.2) is 48.8 Å². The lowest BCUT2D eigenvalue weighted by molar-refractivity contribution is 0.0588. The minimum Gasteiger partial charge on any atom is -0.484 e. The maximum absolute atomic E-state index is 11.9. The van der Waals surface area contributed by atoms with Gasteiger partial charge in [-0.2, -0.15) is 0 Å². The second-order valence-corrected chi connectivity index (χ2v) is 5.16. The maximum atomic E-state index is 11.9. The van der Waals surface area contributed by atoms with Gasteiger partial charge in [-0.25, -0.2) is 9.78 Å². The summed E-state index contributed by atoms with van der Waals surface area (Å²) in [6.07, 6.45) is 3.05. The summed E-state index contributed by atoms with van der Waals surface area (Å²) in [6, 6.07) is 11.3. The maximum Gasteiger partial charge on any atom is 0.360 e. The minimum absolute atomic E-state index is 0.0747. The summed E-state index contributed by atoms with van der Waals surface area (Å²) in [5, 5.41) is 1.10. The van der Waals surface area contributed by atoms with E-state index in [-0.39, 0.29) is 18.1 Å². The van der Waals surface area contributed by atoms with Crippen LogP contribution in [0, 0.1) is 0 Å². The molecule has 2 aromatic heterocycles. The zero-order valence-electron chi connectivity index (χ0n) is 12.3. The fourth-order valence-corrected chi connectivity index (χ4v) is 2.36. The molecule has 0 bridgehead atoms. The first-order valence-corrected chi connectivity index (χ1v) is 7.26. The van der Waals surface area contributed by atoms with Crippen LogP contribution in [-0.4, -0.2) is 23.0 Å². The molecule has 0 spiro atoms. The molecule has 0 radical (unpaired) electrons. The van der Waals surface area contributed by atoms with Gasteiger partial charge in [-0.1, -0.05) is 41.9 Å². The highest BCUT2D eigenvalue weighted by atomic mass is 35.5. The van der Waals surface area contributed by atoms with Gasteiger partial charge in [0.1, 0.15) is 12.1 Å². The molecule has 3 rings (SSSR count). The number of halogens is 1. The summed E-state index contributed by atoms with van der Waals surface area (Å²) in [7, 11) is 1.29. The third-order valence-corrected chi connectivity index (χ3v) is 3.62. The first-order valence-electron chi connectivity index (χ1n) is 6.89. The van der Waals surface area contributed by atoms with E-state index >= 15 is 0 Å². The van der Waals surface area contributed by atoms with Crippen molar-refractivity contribution >= 4 is 28.5 Å². The van der Waals surface area contributed by atoms with Crippen molar-refractivity contribution in [1.29, 1.82) is 0 Å². The Hall–Kier alpha value is -2.66. The number of fused-ring (bicyclic) bond motifs is 1. The molecule has 0 fully saturated rings. The van der Waals surface area contributed by atoms with Crippen molar-refractivity contribution in [2.24, 2.45) is 0 Å². The van der Waals surface area contributed by atoms with Gasteiger partial charge >= 0.3 is 5.97 Å². The van der Waals surface area contributed by atoms with Crippen LogP contribution in [0.4, 0.5) is 0 Å². The highest BCUT2D eigenvalue weighted by Crippen LogP contribution is 2.31. The van der Waals surface area contributed by atoms with Gasteiger partial charge < -0.3 is 9.47 Å². The lowest BCUT2D eigenvalue weighted by Gasteiger charge is -2.12. The van der Waals surface area contributed by atoms with Gasteiger partial charge in [0.15, 0.2) is 11.4 Å². The third kappa shape index (κ3) is 3.10.